The standard InChI is InChI=1S/C15H28BrNO/c1-15(2,3)13(10-11-16)17-14(18)12-8-6-4-5-7-9-12/h12-13H,4-11H2,1-3H3,(H,17,18). The number of amides is 1. The van der Waals surface area contributed by atoms with Crippen LogP contribution >= 0.6 is 15.9 Å². The van der Waals surface area contributed by atoms with Gasteiger partial charge in [-0.05, 0) is 24.7 Å². The quantitative estimate of drug-likeness (QED) is 0.608. The molecule has 3 heteroatoms. The van der Waals surface area contributed by atoms with Gasteiger partial charge in [-0.2, -0.15) is 0 Å². The Morgan fingerprint density at radius 3 is 2.22 bits per heavy atom. The zero-order valence-electron chi connectivity index (χ0n) is 12.1. The predicted molar refractivity (Wildman–Crippen MR) is 81.0 cm³/mol. The van der Waals surface area contributed by atoms with Crippen LogP contribution in [0.25, 0.3) is 0 Å². The SMILES string of the molecule is CC(C)(C)C(CCBr)NC(=O)C1CCCCCC1. The molecule has 0 saturated heterocycles. The molecule has 0 aliphatic heterocycles. The lowest BCUT2D eigenvalue weighted by molar-refractivity contribution is -0.126. The first-order chi connectivity index (χ1) is 8.45. The number of hydrogen-bond acceptors (Lipinski definition) is 1. The Bertz CT molecular complexity index is 252. The molecule has 0 aromatic carbocycles. The van der Waals surface area contributed by atoms with E-state index in [1.807, 2.05) is 0 Å². The van der Waals surface area contributed by atoms with Crippen LogP contribution in [0.2, 0.25) is 0 Å². The Balaban J connectivity index is 2.54. The molecular formula is C15H28BrNO. The molecule has 1 N–H and O–H groups in total. The van der Waals surface area contributed by atoms with E-state index in [4.69, 9.17) is 0 Å². The molecule has 1 saturated carbocycles. The number of rotatable bonds is 4. The molecule has 1 unspecified atom stereocenters. The van der Waals surface area contributed by atoms with Gasteiger partial charge in [0.1, 0.15) is 0 Å². The highest BCUT2D eigenvalue weighted by molar-refractivity contribution is 9.09. The molecule has 0 aromatic heterocycles. The highest BCUT2D eigenvalue weighted by Crippen LogP contribution is 2.26. The molecule has 1 aliphatic rings. The van der Waals surface area contributed by atoms with Gasteiger partial charge in [0.2, 0.25) is 5.91 Å². The minimum atomic E-state index is 0.133. The first-order valence-electron chi connectivity index (χ1n) is 7.31. The summed E-state index contributed by atoms with van der Waals surface area (Å²) < 4.78 is 0. The van der Waals surface area contributed by atoms with Crippen molar-refractivity contribution in [3.8, 4) is 0 Å². The lowest BCUT2D eigenvalue weighted by atomic mass is 9.84. The highest BCUT2D eigenvalue weighted by Gasteiger charge is 2.28. The van der Waals surface area contributed by atoms with Crippen LogP contribution in [0.1, 0.15) is 65.7 Å². The maximum Gasteiger partial charge on any atom is 0.223 e. The van der Waals surface area contributed by atoms with E-state index < -0.39 is 0 Å². The van der Waals surface area contributed by atoms with Crippen molar-refractivity contribution in [2.75, 3.05) is 5.33 Å². The van der Waals surface area contributed by atoms with Gasteiger partial charge in [-0.25, -0.2) is 0 Å². The van der Waals surface area contributed by atoms with E-state index in [0.29, 0.717) is 0 Å². The summed E-state index contributed by atoms with van der Waals surface area (Å²) in [6.07, 6.45) is 8.20. The van der Waals surface area contributed by atoms with Gasteiger partial charge in [0.25, 0.3) is 0 Å². The van der Waals surface area contributed by atoms with Crippen molar-refractivity contribution in [2.24, 2.45) is 11.3 Å². The second-order valence-electron chi connectivity index (χ2n) is 6.59. The van der Waals surface area contributed by atoms with Gasteiger partial charge < -0.3 is 5.32 Å². The van der Waals surface area contributed by atoms with Crippen LogP contribution < -0.4 is 5.32 Å². The maximum absolute atomic E-state index is 12.4. The fraction of sp³-hybridized carbons (Fsp3) is 0.933. The fourth-order valence-electron chi connectivity index (χ4n) is 2.66. The summed E-state index contributed by atoms with van der Waals surface area (Å²) in [6.45, 7) is 6.61. The van der Waals surface area contributed by atoms with Gasteiger partial charge in [-0.15, -0.1) is 0 Å². The first kappa shape index (κ1) is 16.0. The van der Waals surface area contributed by atoms with Gasteiger partial charge in [0.15, 0.2) is 0 Å². The van der Waals surface area contributed by atoms with Crippen LogP contribution in [0.4, 0.5) is 0 Å². The van der Waals surface area contributed by atoms with Crippen molar-refractivity contribution >= 4 is 21.8 Å². The molecule has 106 valence electrons. The Morgan fingerprint density at radius 2 is 1.78 bits per heavy atom. The van der Waals surface area contributed by atoms with E-state index in [9.17, 15) is 4.79 Å². The zero-order chi connectivity index (χ0) is 13.6. The number of halogens is 1. The Hall–Kier alpha value is -0.0500. The molecule has 0 bridgehead atoms. The van der Waals surface area contributed by atoms with E-state index >= 15 is 0 Å². The highest BCUT2D eigenvalue weighted by atomic mass is 79.9. The number of carbonyl (C=O) groups excluding carboxylic acids is 1. The normalized spacial score (nSPS) is 20.2. The molecule has 1 fully saturated rings. The van der Waals surface area contributed by atoms with Gasteiger partial charge >= 0.3 is 0 Å². The average molecular weight is 318 g/mol. The smallest absolute Gasteiger partial charge is 0.223 e. The van der Waals surface area contributed by atoms with Crippen molar-refractivity contribution in [1.29, 1.82) is 0 Å². The first-order valence-corrected chi connectivity index (χ1v) is 8.43. The molecule has 1 atom stereocenters. The molecule has 1 rings (SSSR count). The maximum atomic E-state index is 12.4. The van der Waals surface area contributed by atoms with Gasteiger partial charge in [0.05, 0.1) is 0 Å². The summed E-state index contributed by atoms with van der Waals surface area (Å²) in [7, 11) is 0. The molecule has 2 nitrogen and oxygen atoms in total. The Kier molecular flexibility index (Phi) is 6.68. The Labute approximate surface area is 120 Å². The molecule has 0 aromatic rings. The van der Waals surface area contributed by atoms with Crippen LogP contribution in [0.3, 0.4) is 0 Å². The van der Waals surface area contributed by atoms with Gasteiger partial charge in [0, 0.05) is 17.3 Å². The summed E-state index contributed by atoms with van der Waals surface area (Å²) in [5.41, 5.74) is 0.133. The molecule has 18 heavy (non-hydrogen) atoms. The van der Waals surface area contributed by atoms with E-state index in [-0.39, 0.29) is 23.3 Å². The zero-order valence-corrected chi connectivity index (χ0v) is 13.7. The van der Waals surface area contributed by atoms with Crippen molar-refractivity contribution in [3.63, 3.8) is 0 Å². The number of hydrogen-bond donors (Lipinski definition) is 1. The molecule has 0 heterocycles. The summed E-state index contributed by atoms with van der Waals surface area (Å²) >= 11 is 3.49. The number of carbonyl (C=O) groups is 1. The molecular weight excluding hydrogens is 290 g/mol. The Morgan fingerprint density at radius 1 is 1.22 bits per heavy atom. The monoisotopic (exact) mass is 317 g/mol. The van der Waals surface area contributed by atoms with Crippen LogP contribution in [-0.2, 0) is 4.79 Å². The fourth-order valence-corrected chi connectivity index (χ4v) is 3.12. The molecule has 0 spiro atoms. The largest absolute Gasteiger partial charge is 0.353 e. The molecule has 1 amide bonds. The third-order valence-electron chi connectivity index (χ3n) is 3.99. The summed E-state index contributed by atoms with van der Waals surface area (Å²) in [6, 6.07) is 0.271. The molecule has 1 aliphatic carbocycles. The van der Waals surface area contributed by atoms with Crippen LogP contribution in [0, 0.1) is 11.3 Å². The number of alkyl halides is 1. The topological polar surface area (TPSA) is 29.1 Å². The minimum absolute atomic E-state index is 0.133. The van der Waals surface area contributed by atoms with Gasteiger partial charge in [-0.1, -0.05) is 62.4 Å². The molecule has 0 radical (unpaired) electrons. The second kappa shape index (κ2) is 7.52. The third-order valence-corrected chi connectivity index (χ3v) is 4.44. The van der Waals surface area contributed by atoms with Crippen molar-refractivity contribution in [1.82, 2.24) is 5.32 Å². The lowest BCUT2D eigenvalue weighted by Gasteiger charge is -2.32. The number of nitrogens with one attached hydrogen (secondary N) is 1. The minimum Gasteiger partial charge on any atom is -0.353 e. The third kappa shape index (κ3) is 5.29. The van der Waals surface area contributed by atoms with Crippen molar-refractivity contribution in [2.45, 2.75) is 71.8 Å². The summed E-state index contributed by atoms with van der Waals surface area (Å²) in [5.74, 6) is 0.547. The van der Waals surface area contributed by atoms with Crippen LogP contribution in [0.15, 0.2) is 0 Å². The van der Waals surface area contributed by atoms with Crippen LogP contribution in [-0.4, -0.2) is 17.3 Å². The summed E-state index contributed by atoms with van der Waals surface area (Å²) in [4.78, 5) is 12.4. The average Bonchev–Trinajstić information content (AvgIpc) is 2.55. The predicted octanol–water partition coefficient (Wildman–Crippen LogP) is 4.27. The second-order valence-corrected chi connectivity index (χ2v) is 7.39. The van der Waals surface area contributed by atoms with E-state index in [1.165, 1.54) is 25.7 Å². The van der Waals surface area contributed by atoms with Crippen molar-refractivity contribution in [3.05, 3.63) is 0 Å². The van der Waals surface area contributed by atoms with Crippen molar-refractivity contribution < 1.29 is 4.79 Å². The summed E-state index contributed by atoms with van der Waals surface area (Å²) in [5, 5.41) is 4.23. The lowest BCUT2D eigenvalue weighted by Crippen LogP contribution is -2.46. The van der Waals surface area contributed by atoms with E-state index in [2.05, 4.69) is 42.0 Å². The van der Waals surface area contributed by atoms with E-state index in [1.54, 1.807) is 0 Å². The van der Waals surface area contributed by atoms with E-state index in [0.717, 1.165) is 24.6 Å². The van der Waals surface area contributed by atoms with Gasteiger partial charge in [-0.3, -0.25) is 4.79 Å². The van der Waals surface area contributed by atoms with Crippen LogP contribution in [0.5, 0.6) is 0 Å².